The molecule has 1 heterocycles. The second-order valence-electron chi connectivity index (χ2n) is 10.9. The topological polar surface area (TPSA) is 118 Å². The number of aromatic nitrogens is 1. The third kappa shape index (κ3) is 18.7. The van der Waals surface area contributed by atoms with Crippen molar-refractivity contribution >= 4 is 13.5 Å². The molecule has 246 valence electrons. The van der Waals surface area contributed by atoms with Crippen molar-refractivity contribution in [3.63, 3.8) is 0 Å². The van der Waals surface area contributed by atoms with Gasteiger partial charge in [0.1, 0.15) is 18.1 Å². The van der Waals surface area contributed by atoms with Gasteiger partial charge in [-0.2, -0.15) is 13.2 Å². The van der Waals surface area contributed by atoms with Crippen LogP contribution in [0.15, 0.2) is 54.5 Å². The van der Waals surface area contributed by atoms with Crippen molar-refractivity contribution in [2.24, 2.45) is 0 Å². The van der Waals surface area contributed by atoms with Gasteiger partial charge in [0.15, 0.2) is 6.61 Å². The Bertz CT molecular complexity index is 1170. The first-order valence-electron chi connectivity index (χ1n) is 15.3. The highest BCUT2D eigenvalue weighted by molar-refractivity contribution is 7.55. The highest BCUT2D eigenvalue weighted by atomic mass is 31.2. The fourth-order valence-electron chi connectivity index (χ4n) is 4.53. The van der Waals surface area contributed by atoms with Gasteiger partial charge in [-0.15, -0.1) is 0 Å². The molecule has 8 nitrogen and oxygen atoms in total. The smallest absolute Gasteiger partial charge is 0.422 e. The standard InChI is InChI=1S/C32H46F3N2O6P/c1-2-3-4-5-6-7-8-9-10-11-12-13-31(38)37-27(19-21-44(39,40)41)22-26-14-16-29(17-15-26)42-24-28-23-30(18-20-36-28)43-25-32(33,34)35/h14-21,23,27H,2-13,22,24-25H2,1H3,(H,37,38)(H2,39,40,41)/t27-/m0/s1. The highest BCUT2D eigenvalue weighted by Gasteiger charge is 2.28. The van der Waals surface area contributed by atoms with Crippen LogP contribution >= 0.6 is 7.60 Å². The Hall–Kier alpha value is -2.88. The van der Waals surface area contributed by atoms with Gasteiger partial charge in [-0.25, -0.2) is 0 Å². The van der Waals surface area contributed by atoms with Crippen LogP contribution in [0.1, 0.15) is 95.2 Å². The van der Waals surface area contributed by atoms with E-state index in [9.17, 15) is 32.3 Å². The number of nitrogens with zero attached hydrogens (tertiary/aromatic N) is 1. The van der Waals surface area contributed by atoms with E-state index in [0.29, 0.717) is 24.3 Å². The number of halogens is 3. The molecule has 1 aromatic carbocycles. The SMILES string of the molecule is CCCCCCCCCCCCCC(=O)N[C@@H](C=CP(=O)(O)O)Cc1ccc(OCc2cc(OCC(F)(F)F)ccn2)cc1. The molecule has 0 unspecified atom stereocenters. The largest absolute Gasteiger partial charge is 0.487 e. The van der Waals surface area contributed by atoms with E-state index in [2.05, 4.69) is 17.2 Å². The molecule has 0 aliphatic rings. The van der Waals surface area contributed by atoms with Crippen LogP contribution in [0.2, 0.25) is 0 Å². The Labute approximate surface area is 258 Å². The summed E-state index contributed by atoms with van der Waals surface area (Å²) in [5.41, 5.74) is 1.19. The number of nitrogens with one attached hydrogen (secondary N) is 1. The van der Waals surface area contributed by atoms with Crippen molar-refractivity contribution in [1.29, 1.82) is 0 Å². The molecular formula is C32H46F3N2O6P. The molecule has 0 spiro atoms. The minimum atomic E-state index is -4.44. The van der Waals surface area contributed by atoms with Crippen LogP contribution in [0, 0.1) is 0 Å². The summed E-state index contributed by atoms with van der Waals surface area (Å²) in [6, 6.07) is 9.00. The molecule has 0 bridgehead atoms. The Kier molecular flexibility index (Phi) is 17.1. The van der Waals surface area contributed by atoms with E-state index >= 15 is 0 Å². The minimum Gasteiger partial charge on any atom is -0.487 e. The van der Waals surface area contributed by atoms with Gasteiger partial charge >= 0.3 is 13.8 Å². The summed E-state index contributed by atoms with van der Waals surface area (Å²) >= 11 is 0. The lowest BCUT2D eigenvalue weighted by Gasteiger charge is -2.16. The van der Waals surface area contributed by atoms with E-state index in [-0.39, 0.29) is 18.3 Å². The summed E-state index contributed by atoms with van der Waals surface area (Å²) in [4.78, 5) is 35.2. The first-order chi connectivity index (χ1) is 20.9. The number of unbranched alkanes of at least 4 members (excludes halogenated alkanes) is 10. The fraction of sp³-hybridized carbons (Fsp3) is 0.562. The zero-order chi connectivity index (χ0) is 32.3. The maximum absolute atomic E-state index is 12.6. The van der Waals surface area contributed by atoms with Gasteiger partial charge in [-0.1, -0.05) is 89.3 Å². The lowest BCUT2D eigenvalue weighted by molar-refractivity contribution is -0.153. The lowest BCUT2D eigenvalue weighted by Crippen LogP contribution is -2.34. The molecule has 0 aliphatic carbocycles. The number of hydrogen-bond donors (Lipinski definition) is 3. The molecular weight excluding hydrogens is 596 g/mol. The average molecular weight is 643 g/mol. The fourth-order valence-corrected chi connectivity index (χ4v) is 4.97. The summed E-state index contributed by atoms with van der Waals surface area (Å²) in [6.45, 7) is 0.822. The summed E-state index contributed by atoms with van der Waals surface area (Å²) < 4.78 is 59.0. The van der Waals surface area contributed by atoms with Crippen LogP contribution in [0.25, 0.3) is 0 Å². The van der Waals surface area contributed by atoms with Gasteiger partial charge in [0.25, 0.3) is 0 Å². The third-order valence-corrected chi connectivity index (χ3v) is 7.38. The molecule has 0 aliphatic heterocycles. The van der Waals surface area contributed by atoms with Crippen molar-refractivity contribution in [3.8, 4) is 11.5 Å². The Morgan fingerprint density at radius 3 is 2.14 bits per heavy atom. The van der Waals surface area contributed by atoms with E-state index in [1.807, 2.05) is 0 Å². The number of carbonyl (C=O) groups is 1. The van der Waals surface area contributed by atoms with Crippen molar-refractivity contribution in [2.45, 2.75) is 109 Å². The van der Waals surface area contributed by atoms with Crippen molar-refractivity contribution in [3.05, 3.63) is 65.7 Å². The van der Waals surface area contributed by atoms with Crippen LogP contribution in [0.3, 0.4) is 0 Å². The van der Waals surface area contributed by atoms with E-state index in [1.165, 1.54) is 75.8 Å². The van der Waals surface area contributed by atoms with Crippen molar-refractivity contribution in [1.82, 2.24) is 10.3 Å². The number of pyridine rings is 1. The number of rotatable bonds is 22. The molecule has 0 fully saturated rings. The highest BCUT2D eigenvalue weighted by Crippen LogP contribution is 2.36. The third-order valence-electron chi connectivity index (χ3n) is 6.82. The number of hydrogen-bond acceptors (Lipinski definition) is 5. The zero-order valence-corrected chi connectivity index (χ0v) is 26.3. The zero-order valence-electron chi connectivity index (χ0n) is 25.4. The summed E-state index contributed by atoms with van der Waals surface area (Å²) in [7, 11) is -4.40. The van der Waals surface area contributed by atoms with Gasteiger partial charge in [-0.3, -0.25) is 14.3 Å². The molecule has 2 aromatic rings. The van der Waals surface area contributed by atoms with Crippen molar-refractivity contribution < 1.29 is 41.8 Å². The van der Waals surface area contributed by atoms with Crippen molar-refractivity contribution in [2.75, 3.05) is 6.61 Å². The summed E-state index contributed by atoms with van der Waals surface area (Å²) in [5.74, 6) is 1.15. The number of alkyl halides is 3. The number of ether oxygens (including phenoxy) is 2. The molecule has 0 saturated heterocycles. The lowest BCUT2D eigenvalue weighted by atomic mass is 10.0. The molecule has 1 amide bonds. The second kappa shape index (κ2) is 20.2. The molecule has 2 rings (SSSR count). The van der Waals surface area contributed by atoms with E-state index in [4.69, 9.17) is 9.47 Å². The number of amides is 1. The van der Waals surface area contributed by atoms with Crippen LogP contribution in [-0.4, -0.2) is 39.5 Å². The first kappa shape index (κ1) is 37.3. The number of benzene rings is 1. The first-order valence-corrected chi connectivity index (χ1v) is 17.0. The molecule has 0 saturated carbocycles. The monoisotopic (exact) mass is 642 g/mol. The Morgan fingerprint density at radius 1 is 0.932 bits per heavy atom. The van der Waals surface area contributed by atoms with Gasteiger partial charge in [0.05, 0.1) is 11.7 Å². The quantitative estimate of drug-likeness (QED) is 0.0879. The van der Waals surface area contributed by atoms with E-state index < -0.39 is 26.4 Å². The van der Waals surface area contributed by atoms with Crippen LogP contribution < -0.4 is 14.8 Å². The van der Waals surface area contributed by atoms with Crippen LogP contribution in [0.5, 0.6) is 11.5 Å². The predicted octanol–water partition coefficient (Wildman–Crippen LogP) is 8.02. The average Bonchev–Trinajstić information content (AvgIpc) is 2.97. The van der Waals surface area contributed by atoms with Gasteiger partial charge < -0.3 is 24.6 Å². The second-order valence-corrected chi connectivity index (χ2v) is 12.4. The predicted molar refractivity (Wildman–Crippen MR) is 164 cm³/mol. The molecule has 12 heteroatoms. The van der Waals surface area contributed by atoms with E-state index in [0.717, 1.165) is 30.6 Å². The summed E-state index contributed by atoms with van der Waals surface area (Å²) in [5, 5.41) is 2.87. The number of carbonyl (C=O) groups excluding carboxylic acids is 1. The van der Waals surface area contributed by atoms with Crippen LogP contribution in [0.4, 0.5) is 13.2 Å². The normalized spacial score (nSPS) is 12.8. The molecule has 1 aromatic heterocycles. The molecule has 3 N–H and O–H groups in total. The van der Waals surface area contributed by atoms with Crippen LogP contribution in [-0.2, 0) is 22.4 Å². The molecule has 44 heavy (non-hydrogen) atoms. The Morgan fingerprint density at radius 2 is 1.55 bits per heavy atom. The summed E-state index contributed by atoms with van der Waals surface area (Å²) in [6.07, 6.45) is 11.8. The molecule has 0 radical (unpaired) electrons. The molecule has 1 atom stereocenters. The maximum Gasteiger partial charge on any atom is 0.422 e. The van der Waals surface area contributed by atoms with E-state index in [1.54, 1.807) is 24.3 Å². The van der Waals surface area contributed by atoms with Gasteiger partial charge in [0.2, 0.25) is 5.91 Å². The maximum atomic E-state index is 12.6. The minimum absolute atomic E-state index is 0.00527. The van der Waals surface area contributed by atoms with Gasteiger partial charge in [0, 0.05) is 24.5 Å². The Balaban J connectivity index is 1.79. The van der Waals surface area contributed by atoms with Gasteiger partial charge in [-0.05, 0) is 36.6 Å².